The van der Waals surface area contributed by atoms with Gasteiger partial charge >= 0.3 is 0 Å². The summed E-state index contributed by atoms with van der Waals surface area (Å²) in [6.07, 6.45) is 5.57. The van der Waals surface area contributed by atoms with E-state index < -0.39 is 0 Å². The molecule has 0 radical (unpaired) electrons. The summed E-state index contributed by atoms with van der Waals surface area (Å²) in [7, 11) is 0. The van der Waals surface area contributed by atoms with Crippen molar-refractivity contribution in [2.75, 3.05) is 18.0 Å². The Balaban J connectivity index is 1.61. The molecule has 1 aliphatic carbocycles. The number of hydrogen-bond acceptors (Lipinski definition) is 5. The Morgan fingerprint density at radius 3 is 2.58 bits per heavy atom. The first kappa shape index (κ1) is 23.4. The quantitative estimate of drug-likeness (QED) is 0.479. The van der Waals surface area contributed by atoms with Crippen molar-refractivity contribution in [3.63, 3.8) is 0 Å². The summed E-state index contributed by atoms with van der Waals surface area (Å²) < 4.78 is 0. The minimum Gasteiger partial charge on any atom is -0.317 e. The number of pyridine rings is 1. The van der Waals surface area contributed by atoms with Crippen LogP contribution in [-0.4, -0.2) is 41.1 Å². The molecule has 2 amide bonds. The molecular formula is C26H34N4O3. The molecule has 33 heavy (non-hydrogen) atoms. The molecule has 176 valence electrons. The highest BCUT2D eigenvalue weighted by Gasteiger charge is 2.39. The molecule has 7 heteroatoms. The second-order valence-electron chi connectivity index (χ2n) is 9.88. The van der Waals surface area contributed by atoms with Gasteiger partial charge < -0.3 is 5.32 Å². The van der Waals surface area contributed by atoms with Gasteiger partial charge in [-0.2, -0.15) is 0 Å². The first-order chi connectivity index (χ1) is 15.8. The summed E-state index contributed by atoms with van der Waals surface area (Å²) in [6, 6.07) is 10.3. The number of carbonyl (C=O) groups excluding carboxylic acids is 2. The number of aryl methyl sites for hydroxylation is 1. The van der Waals surface area contributed by atoms with Gasteiger partial charge in [-0.25, -0.2) is 10.5 Å². The molecule has 1 aliphatic heterocycles. The maximum absolute atomic E-state index is 13.6. The van der Waals surface area contributed by atoms with Crippen LogP contribution in [0, 0.1) is 11.3 Å². The number of hydroxylamine groups is 1. The summed E-state index contributed by atoms with van der Waals surface area (Å²) in [4.78, 5) is 31.9. The summed E-state index contributed by atoms with van der Waals surface area (Å²) in [6.45, 7) is 7.86. The lowest BCUT2D eigenvalue weighted by Crippen LogP contribution is -2.50. The van der Waals surface area contributed by atoms with Crippen molar-refractivity contribution in [3.8, 4) is 11.1 Å². The van der Waals surface area contributed by atoms with Crippen molar-refractivity contribution in [3.05, 3.63) is 47.7 Å². The van der Waals surface area contributed by atoms with E-state index in [1.807, 2.05) is 30.9 Å². The molecule has 2 heterocycles. The van der Waals surface area contributed by atoms with Gasteiger partial charge in [0, 0.05) is 23.6 Å². The lowest BCUT2D eigenvalue weighted by Gasteiger charge is -2.38. The van der Waals surface area contributed by atoms with Gasteiger partial charge in [0.2, 0.25) is 11.8 Å². The van der Waals surface area contributed by atoms with Crippen molar-refractivity contribution < 1.29 is 14.8 Å². The molecule has 1 saturated heterocycles. The second-order valence-corrected chi connectivity index (χ2v) is 9.88. The van der Waals surface area contributed by atoms with E-state index in [0.29, 0.717) is 18.7 Å². The number of anilines is 1. The largest absolute Gasteiger partial charge is 0.317 e. The predicted octanol–water partition coefficient (Wildman–Crippen LogP) is 3.49. The number of nitrogens with zero attached hydrogens (tertiary/aromatic N) is 2. The standard InChI is InChI=1S/C26H34N4O3/c1-17(2)30(25(32)26(3)9-12-27-13-10-26)23-16-21(8-11-28-23)19-4-5-20-15-22(24(31)29-33)7-6-18(20)14-19/h4-5,8,11,14,16-17,22,27,33H,6-7,9-10,12-13,15H2,1-3H3,(H,29,31). The van der Waals surface area contributed by atoms with Gasteiger partial charge in [-0.05, 0) is 93.4 Å². The van der Waals surface area contributed by atoms with Crippen LogP contribution >= 0.6 is 0 Å². The molecule has 0 saturated carbocycles. The molecular weight excluding hydrogens is 416 g/mol. The number of amides is 2. The number of piperidine rings is 1. The Hall–Kier alpha value is -2.77. The minimum atomic E-state index is -0.379. The number of rotatable bonds is 5. The minimum absolute atomic E-state index is 0.00472. The average Bonchev–Trinajstić information content (AvgIpc) is 2.83. The first-order valence-corrected chi connectivity index (χ1v) is 11.9. The van der Waals surface area contributed by atoms with Crippen molar-refractivity contribution in [1.82, 2.24) is 15.8 Å². The van der Waals surface area contributed by atoms with Gasteiger partial charge in [0.15, 0.2) is 0 Å². The molecule has 2 aromatic rings. The van der Waals surface area contributed by atoms with Crippen molar-refractivity contribution in [2.45, 2.75) is 58.9 Å². The van der Waals surface area contributed by atoms with Crippen molar-refractivity contribution in [2.24, 2.45) is 11.3 Å². The second kappa shape index (κ2) is 9.61. The normalized spacial score (nSPS) is 19.6. The monoisotopic (exact) mass is 450 g/mol. The van der Waals surface area contributed by atoms with Crippen LogP contribution < -0.4 is 15.7 Å². The Kier molecular flexibility index (Phi) is 6.81. The number of fused-ring (bicyclic) bond motifs is 1. The fraction of sp³-hybridized carbons (Fsp3) is 0.500. The molecule has 1 fully saturated rings. The lowest BCUT2D eigenvalue weighted by molar-refractivity contribution is -0.133. The maximum atomic E-state index is 13.6. The number of hydrogen-bond donors (Lipinski definition) is 3. The first-order valence-electron chi connectivity index (χ1n) is 11.9. The maximum Gasteiger partial charge on any atom is 0.246 e. The average molecular weight is 451 g/mol. The third kappa shape index (κ3) is 4.80. The smallest absolute Gasteiger partial charge is 0.246 e. The number of benzene rings is 1. The number of aromatic nitrogens is 1. The summed E-state index contributed by atoms with van der Waals surface area (Å²) in [5.41, 5.74) is 5.87. The van der Waals surface area contributed by atoms with Crippen molar-refractivity contribution >= 4 is 17.6 Å². The summed E-state index contributed by atoms with van der Waals surface area (Å²) in [5, 5.41) is 12.3. The van der Waals surface area contributed by atoms with E-state index in [4.69, 9.17) is 5.21 Å². The van der Waals surface area contributed by atoms with Crippen LogP contribution in [0.1, 0.15) is 51.2 Å². The summed E-state index contributed by atoms with van der Waals surface area (Å²) in [5.74, 6) is 0.319. The predicted molar refractivity (Wildman–Crippen MR) is 128 cm³/mol. The number of carbonyl (C=O) groups is 2. The van der Waals surface area contributed by atoms with Crippen LogP contribution in [0.25, 0.3) is 11.1 Å². The topological polar surface area (TPSA) is 94.6 Å². The van der Waals surface area contributed by atoms with Gasteiger partial charge in [0.05, 0.1) is 0 Å². The molecule has 1 atom stereocenters. The Morgan fingerprint density at radius 2 is 1.88 bits per heavy atom. The molecule has 1 aromatic heterocycles. The highest BCUT2D eigenvalue weighted by atomic mass is 16.5. The van der Waals surface area contributed by atoms with Crippen molar-refractivity contribution in [1.29, 1.82) is 0 Å². The third-order valence-electron chi connectivity index (χ3n) is 7.20. The molecule has 0 spiro atoms. The Labute approximate surface area is 195 Å². The van der Waals surface area contributed by atoms with Gasteiger partial charge in [0.25, 0.3) is 0 Å². The fourth-order valence-corrected chi connectivity index (χ4v) is 5.07. The van der Waals surface area contributed by atoms with E-state index in [-0.39, 0.29) is 29.2 Å². The SMILES string of the molecule is CC(C)N(C(=O)C1(C)CCNCC1)c1cc(-c2ccc3c(c2)CCC(C(=O)NO)C3)ccn1. The van der Waals surface area contributed by atoms with E-state index in [1.165, 1.54) is 5.56 Å². The van der Waals surface area contributed by atoms with E-state index in [2.05, 4.69) is 35.4 Å². The van der Waals surface area contributed by atoms with Gasteiger partial charge in [0.1, 0.15) is 5.82 Å². The molecule has 0 bridgehead atoms. The Morgan fingerprint density at radius 1 is 1.15 bits per heavy atom. The zero-order valence-corrected chi connectivity index (χ0v) is 19.7. The van der Waals surface area contributed by atoms with Crippen LogP contribution in [0.5, 0.6) is 0 Å². The van der Waals surface area contributed by atoms with Crippen LogP contribution in [0.15, 0.2) is 36.5 Å². The van der Waals surface area contributed by atoms with Crippen LogP contribution in [-0.2, 0) is 22.4 Å². The van der Waals surface area contributed by atoms with E-state index in [0.717, 1.165) is 49.0 Å². The molecule has 1 aromatic carbocycles. The molecule has 7 nitrogen and oxygen atoms in total. The third-order valence-corrected chi connectivity index (χ3v) is 7.20. The van der Waals surface area contributed by atoms with Gasteiger partial charge in [-0.15, -0.1) is 0 Å². The fourth-order valence-electron chi connectivity index (χ4n) is 5.07. The van der Waals surface area contributed by atoms with E-state index in [9.17, 15) is 9.59 Å². The van der Waals surface area contributed by atoms with Crippen LogP contribution in [0.2, 0.25) is 0 Å². The van der Waals surface area contributed by atoms with Gasteiger partial charge in [-0.3, -0.25) is 19.7 Å². The zero-order chi connectivity index (χ0) is 23.6. The van der Waals surface area contributed by atoms with Gasteiger partial charge in [-0.1, -0.05) is 25.1 Å². The molecule has 1 unspecified atom stereocenters. The highest BCUT2D eigenvalue weighted by molar-refractivity contribution is 5.97. The number of nitrogens with one attached hydrogen (secondary N) is 2. The summed E-state index contributed by atoms with van der Waals surface area (Å²) >= 11 is 0. The molecule has 2 aliphatic rings. The zero-order valence-electron chi connectivity index (χ0n) is 19.7. The molecule has 4 rings (SSSR count). The van der Waals surface area contributed by atoms with E-state index in [1.54, 1.807) is 11.7 Å². The van der Waals surface area contributed by atoms with Crippen LogP contribution in [0.4, 0.5) is 5.82 Å². The van der Waals surface area contributed by atoms with Crippen LogP contribution in [0.3, 0.4) is 0 Å². The Bertz CT molecular complexity index is 1030. The molecule has 3 N–H and O–H groups in total. The lowest BCUT2D eigenvalue weighted by atomic mass is 9.79. The highest BCUT2D eigenvalue weighted by Crippen LogP contribution is 2.35. The van der Waals surface area contributed by atoms with E-state index >= 15 is 0 Å².